The molecule has 2 rings (SSSR count). The molecule has 1 aliphatic carbocycles. The van der Waals surface area contributed by atoms with Crippen molar-refractivity contribution in [1.82, 2.24) is 9.78 Å². The lowest BCUT2D eigenvalue weighted by Crippen LogP contribution is -2.42. The molecule has 4 heteroatoms. The molecule has 2 unspecified atom stereocenters. The Morgan fingerprint density at radius 1 is 1.53 bits per heavy atom. The van der Waals surface area contributed by atoms with E-state index in [1.807, 2.05) is 4.68 Å². The molecule has 2 atom stereocenters. The van der Waals surface area contributed by atoms with Gasteiger partial charge in [0, 0.05) is 6.54 Å². The quantitative estimate of drug-likeness (QED) is 0.908. The van der Waals surface area contributed by atoms with E-state index in [4.69, 9.17) is 11.6 Å². The second-order valence-electron chi connectivity index (χ2n) is 6.08. The van der Waals surface area contributed by atoms with Gasteiger partial charge in [0.2, 0.25) is 0 Å². The van der Waals surface area contributed by atoms with Gasteiger partial charge in [-0.25, -0.2) is 0 Å². The first-order chi connectivity index (χ1) is 9.00. The van der Waals surface area contributed by atoms with E-state index in [1.54, 1.807) is 6.20 Å². The molecule has 0 saturated heterocycles. The maximum Gasteiger partial charge on any atom is 0.111 e. The zero-order valence-corrected chi connectivity index (χ0v) is 13.0. The molecule has 1 heterocycles. The van der Waals surface area contributed by atoms with Gasteiger partial charge < -0.3 is 5.11 Å². The van der Waals surface area contributed by atoms with Gasteiger partial charge >= 0.3 is 0 Å². The largest absolute Gasteiger partial charge is 0.383 e. The Hall–Kier alpha value is -0.540. The van der Waals surface area contributed by atoms with Crippen molar-refractivity contribution in [3.8, 4) is 0 Å². The predicted molar refractivity (Wildman–Crippen MR) is 78.2 cm³/mol. The fourth-order valence-corrected chi connectivity index (χ4v) is 3.84. The van der Waals surface area contributed by atoms with Gasteiger partial charge in [0.1, 0.15) is 5.60 Å². The van der Waals surface area contributed by atoms with Crippen molar-refractivity contribution in [2.75, 3.05) is 0 Å². The number of rotatable bonds is 4. The fourth-order valence-electron chi connectivity index (χ4n) is 3.54. The first-order valence-electron chi connectivity index (χ1n) is 7.44. The highest BCUT2D eigenvalue weighted by Gasteiger charge is 2.45. The van der Waals surface area contributed by atoms with E-state index in [0.29, 0.717) is 10.9 Å². The number of halogens is 1. The normalized spacial score (nSPS) is 28.0. The van der Waals surface area contributed by atoms with Gasteiger partial charge in [0.05, 0.1) is 16.9 Å². The molecular weight excluding hydrogens is 260 g/mol. The highest BCUT2D eigenvalue weighted by molar-refractivity contribution is 6.31. The standard InChI is InChI=1S/C15H25ClN2O/c1-4-9-18-14(13(16)10-17-18)15(19)8-6-5-7-12(15)11(2)3/h10-12,19H,4-9H2,1-3H3. The first kappa shape index (κ1) is 14.9. The van der Waals surface area contributed by atoms with Crippen LogP contribution in [0.25, 0.3) is 0 Å². The van der Waals surface area contributed by atoms with Crippen molar-refractivity contribution in [2.45, 2.75) is 65.0 Å². The Kier molecular flexibility index (Phi) is 4.57. The van der Waals surface area contributed by atoms with E-state index in [1.165, 1.54) is 6.42 Å². The average Bonchev–Trinajstić information content (AvgIpc) is 2.71. The van der Waals surface area contributed by atoms with E-state index in [9.17, 15) is 5.11 Å². The topological polar surface area (TPSA) is 38.0 Å². The monoisotopic (exact) mass is 284 g/mol. The van der Waals surface area contributed by atoms with Crippen molar-refractivity contribution in [3.63, 3.8) is 0 Å². The van der Waals surface area contributed by atoms with Gasteiger partial charge in [-0.05, 0) is 31.1 Å². The highest BCUT2D eigenvalue weighted by atomic mass is 35.5. The molecular formula is C15H25ClN2O. The third kappa shape index (κ3) is 2.68. The van der Waals surface area contributed by atoms with Crippen molar-refractivity contribution in [3.05, 3.63) is 16.9 Å². The lowest BCUT2D eigenvalue weighted by atomic mass is 9.68. The Bertz CT molecular complexity index is 430. The first-order valence-corrected chi connectivity index (χ1v) is 7.82. The molecule has 1 saturated carbocycles. The lowest BCUT2D eigenvalue weighted by Gasteiger charge is -2.42. The van der Waals surface area contributed by atoms with Crippen LogP contribution >= 0.6 is 11.6 Å². The molecule has 3 nitrogen and oxygen atoms in total. The second kappa shape index (κ2) is 5.84. The summed E-state index contributed by atoms with van der Waals surface area (Å²) in [6.07, 6.45) is 6.80. The summed E-state index contributed by atoms with van der Waals surface area (Å²) in [6, 6.07) is 0. The highest BCUT2D eigenvalue weighted by Crippen LogP contribution is 2.47. The Labute approximate surface area is 121 Å². The number of hydrogen-bond donors (Lipinski definition) is 1. The number of aliphatic hydroxyl groups is 1. The number of nitrogens with zero attached hydrogens (tertiary/aromatic N) is 2. The fraction of sp³-hybridized carbons (Fsp3) is 0.800. The van der Waals surface area contributed by atoms with E-state index < -0.39 is 5.60 Å². The van der Waals surface area contributed by atoms with Crippen molar-refractivity contribution in [1.29, 1.82) is 0 Å². The molecule has 0 radical (unpaired) electrons. The molecule has 0 aliphatic heterocycles. The Morgan fingerprint density at radius 3 is 2.89 bits per heavy atom. The van der Waals surface area contributed by atoms with E-state index in [0.717, 1.165) is 37.9 Å². The average molecular weight is 285 g/mol. The molecule has 0 bridgehead atoms. The molecule has 0 aromatic carbocycles. The van der Waals surface area contributed by atoms with Crippen LogP contribution in [0.5, 0.6) is 0 Å². The van der Waals surface area contributed by atoms with Crippen LogP contribution in [0.1, 0.15) is 58.6 Å². The summed E-state index contributed by atoms with van der Waals surface area (Å²) in [7, 11) is 0. The maximum absolute atomic E-state index is 11.3. The van der Waals surface area contributed by atoms with Gasteiger partial charge in [-0.3, -0.25) is 4.68 Å². The Morgan fingerprint density at radius 2 is 2.26 bits per heavy atom. The minimum absolute atomic E-state index is 0.269. The van der Waals surface area contributed by atoms with Crippen LogP contribution in [-0.4, -0.2) is 14.9 Å². The molecule has 1 fully saturated rings. The zero-order chi connectivity index (χ0) is 14.0. The second-order valence-corrected chi connectivity index (χ2v) is 6.49. The van der Waals surface area contributed by atoms with Crippen LogP contribution in [0.4, 0.5) is 0 Å². The van der Waals surface area contributed by atoms with Crippen LogP contribution in [0.3, 0.4) is 0 Å². The molecule has 108 valence electrons. The summed E-state index contributed by atoms with van der Waals surface area (Å²) in [5.74, 6) is 0.720. The third-order valence-electron chi connectivity index (χ3n) is 4.38. The van der Waals surface area contributed by atoms with Crippen LogP contribution in [0.15, 0.2) is 6.20 Å². The Balaban J connectivity index is 2.43. The SMILES string of the molecule is CCCn1ncc(Cl)c1C1(O)CCCCC1C(C)C. The predicted octanol–water partition coefficient (Wildman–Crippen LogP) is 3.98. The van der Waals surface area contributed by atoms with E-state index >= 15 is 0 Å². The summed E-state index contributed by atoms with van der Waals surface area (Å²) < 4.78 is 1.91. The zero-order valence-electron chi connectivity index (χ0n) is 12.2. The van der Waals surface area contributed by atoms with Gasteiger partial charge in [0.25, 0.3) is 0 Å². The van der Waals surface area contributed by atoms with Gasteiger partial charge in [-0.1, -0.05) is 45.2 Å². The summed E-state index contributed by atoms with van der Waals surface area (Å²) in [4.78, 5) is 0. The molecule has 0 amide bonds. The van der Waals surface area contributed by atoms with E-state index in [2.05, 4.69) is 25.9 Å². The van der Waals surface area contributed by atoms with E-state index in [-0.39, 0.29) is 5.92 Å². The van der Waals surface area contributed by atoms with Crippen LogP contribution < -0.4 is 0 Å². The van der Waals surface area contributed by atoms with Crippen molar-refractivity contribution in [2.24, 2.45) is 11.8 Å². The number of aromatic nitrogens is 2. The van der Waals surface area contributed by atoms with Crippen LogP contribution in [-0.2, 0) is 12.1 Å². The molecule has 19 heavy (non-hydrogen) atoms. The summed E-state index contributed by atoms with van der Waals surface area (Å²) in [5, 5.41) is 16.3. The van der Waals surface area contributed by atoms with Gasteiger partial charge in [0.15, 0.2) is 0 Å². The van der Waals surface area contributed by atoms with Crippen molar-refractivity contribution >= 4 is 11.6 Å². The van der Waals surface area contributed by atoms with Gasteiger partial charge in [-0.2, -0.15) is 5.10 Å². The molecule has 1 aliphatic rings. The lowest BCUT2D eigenvalue weighted by molar-refractivity contribution is -0.0784. The summed E-state index contributed by atoms with van der Waals surface area (Å²) >= 11 is 6.33. The van der Waals surface area contributed by atoms with Crippen LogP contribution in [0, 0.1) is 11.8 Å². The minimum Gasteiger partial charge on any atom is -0.383 e. The summed E-state index contributed by atoms with van der Waals surface area (Å²) in [5.41, 5.74) is 0.0317. The van der Waals surface area contributed by atoms with Crippen molar-refractivity contribution < 1.29 is 5.11 Å². The molecule has 1 N–H and O–H groups in total. The molecule has 1 aromatic heterocycles. The minimum atomic E-state index is -0.810. The maximum atomic E-state index is 11.3. The summed E-state index contributed by atoms with van der Waals surface area (Å²) in [6.45, 7) is 7.31. The number of aryl methyl sites for hydroxylation is 1. The smallest absolute Gasteiger partial charge is 0.111 e. The third-order valence-corrected chi connectivity index (χ3v) is 4.66. The number of hydrogen-bond acceptors (Lipinski definition) is 2. The van der Waals surface area contributed by atoms with Gasteiger partial charge in [-0.15, -0.1) is 0 Å². The van der Waals surface area contributed by atoms with Crippen LogP contribution in [0.2, 0.25) is 5.02 Å². The molecule has 0 spiro atoms. The molecule has 1 aromatic rings.